The number of aliphatic hydroxyl groups excluding tert-OH is 1. The number of aliphatic hydroxyl groups is 1. The monoisotopic (exact) mass is 126 g/mol. The smallest absolute Gasteiger partial charge is 0.0465 e. The van der Waals surface area contributed by atoms with Crippen LogP contribution in [0, 0.1) is 0 Å². The quantitative estimate of drug-likeness (QED) is 0.572. The van der Waals surface area contributed by atoms with Gasteiger partial charge >= 0.3 is 0 Å². The Hall–Kier alpha value is -0.560. The van der Waals surface area contributed by atoms with E-state index in [4.69, 9.17) is 5.11 Å². The van der Waals surface area contributed by atoms with Crippen LogP contribution in [0.2, 0.25) is 0 Å². The van der Waals surface area contributed by atoms with E-state index >= 15 is 0 Å². The molecule has 0 atom stereocenters. The summed E-state index contributed by atoms with van der Waals surface area (Å²) in [5, 5.41) is 8.41. The maximum absolute atomic E-state index is 8.41. The molecule has 0 spiro atoms. The first-order valence-corrected chi connectivity index (χ1v) is 3.21. The summed E-state index contributed by atoms with van der Waals surface area (Å²) < 4.78 is 0. The van der Waals surface area contributed by atoms with Crippen molar-refractivity contribution in [1.29, 1.82) is 0 Å². The summed E-state index contributed by atoms with van der Waals surface area (Å²) in [5.41, 5.74) is 1.21. The van der Waals surface area contributed by atoms with E-state index in [1.165, 1.54) is 5.57 Å². The zero-order chi connectivity index (χ0) is 7.11. The van der Waals surface area contributed by atoms with Crippen molar-refractivity contribution in [3.05, 3.63) is 23.8 Å². The SMILES string of the molecule is C/C=C\C(C)=C\CCO. The molecule has 0 saturated heterocycles. The summed E-state index contributed by atoms with van der Waals surface area (Å²) in [4.78, 5) is 0. The molecule has 0 aromatic carbocycles. The minimum Gasteiger partial charge on any atom is -0.396 e. The third kappa shape index (κ3) is 5.31. The van der Waals surface area contributed by atoms with Crippen LogP contribution in [0.4, 0.5) is 0 Å². The Morgan fingerprint density at radius 2 is 2.22 bits per heavy atom. The molecule has 1 nitrogen and oxygen atoms in total. The van der Waals surface area contributed by atoms with Gasteiger partial charge in [0.1, 0.15) is 0 Å². The molecule has 52 valence electrons. The number of allylic oxidation sites excluding steroid dienone is 3. The molecule has 0 aliphatic rings. The van der Waals surface area contributed by atoms with Crippen molar-refractivity contribution in [1.82, 2.24) is 0 Å². The van der Waals surface area contributed by atoms with Gasteiger partial charge in [-0.3, -0.25) is 0 Å². The summed E-state index contributed by atoms with van der Waals surface area (Å²) in [6.07, 6.45) is 6.79. The van der Waals surface area contributed by atoms with Crippen molar-refractivity contribution in [2.24, 2.45) is 0 Å². The highest BCUT2D eigenvalue weighted by Gasteiger charge is 1.78. The Kier molecular flexibility index (Phi) is 5.23. The van der Waals surface area contributed by atoms with E-state index in [1.807, 2.05) is 32.1 Å². The maximum atomic E-state index is 8.41. The van der Waals surface area contributed by atoms with Gasteiger partial charge in [-0.15, -0.1) is 0 Å². The molecular weight excluding hydrogens is 112 g/mol. The van der Waals surface area contributed by atoms with Gasteiger partial charge in [-0.25, -0.2) is 0 Å². The second-order valence-corrected chi connectivity index (χ2v) is 1.96. The van der Waals surface area contributed by atoms with E-state index in [0.717, 1.165) is 6.42 Å². The highest BCUT2D eigenvalue weighted by Crippen LogP contribution is 1.95. The first-order chi connectivity index (χ1) is 4.31. The van der Waals surface area contributed by atoms with Crippen LogP contribution >= 0.6 is 0 Å². The van der Waals surface area contributed by atoms with Crippen LogP contribution in [-0.4, -0.2) is 11.7 Å². The summed E-state index contributed by atoms with van der Waals surface area (Å²) in [6, 6.07) is 0. The fourth-order valence-electron chi connectivity index (χ4n) is 0.623. The van der Waals surface area contributed by atoms with Crippen LogP contribution in [-0.2, 0) is 0 Å². The molecule has 1 heteroatoms. The van der Waals surface area contributed by atoms with Gasteiger partial charge in [0, 0.05) is 6.61 Å². The van der Waals surface area contributed by atoms with Crippen molar-refractivity contribution in [3.63, 3.8) is 0 Å². The van der Waals surface area contributed by atoms with Crippen molar-refractivity contribution in [2.75, 3.05) is 6.61 Å². The third-order valence-corrected chi connectivity index (χ3v) is 1.02. The highest BCUT2D eigenvalue weighted by molar-refractivity contribution is 5.14. The lowest BCUT2D eigenvalue weighted by Crippen LogP contribution is -1.77. The van der Waals surface area contributed by atoms with Crippen molar-refractivity contribution < 1.29 is 5.11 Å². The number of hydrogen-bond acceptors (Lipinski definition) is 1. The lowest BCUT2D eigenvalue weighted by molar-refractivity contribution is 0.302. The molecule has 0 aromatic heterocycles. The van der Waals surface area contributed by atoms with Gasteiger partial charge in [0.05, 0.1) is 0 Å². The first-order valence-electron chi connectivity index (χ1n) is 3.21. The topological polar surface area (TPSA) is 20.2 Å². The van der Waals surface area contributed by atoms with E-state index in [9.17, 15) is 0 Å². The molecule has 0 fully saturated rings. The standard InChI is InChI=1S/C8H14O/c1-3-5-8(2)6-4-7-9/h3,5-6,9H,4,7H2,1-2H3/b5-3-,8-6+. The largest absolute Gasteiger partial charge is 0.396 e. The van der Waals surface area contributed by atoms with Gasteiger partial charge in [-0.1, -0.05) is 23.8 Å². The van der Waals surface area contributed by atoms with E-state index < -0.39 is 0 Å². The summed E-state index contributed by atoms with van der Waals surface area (Å²) in [6.45, 7) is 4.25. The van der Waals surface area contributed by atoms with E-state index in [1.54, 1.807) is 0 Å². The third-order valence-electron chi connectivity index (χ3n) is 1.02. The zero-order valence-corrected chi connectivity index (χ0v) is 6.09. The van der Waals surface area contributed by atoms with Gasteiger partial charge in [0.2, 0.25) is 0 Å². The molecule has 9 heavy (non-hydrogen) atoms. The lowest BCUT2D eigenvalue weighted by atomic mass is 10.2. The molecule has 1 N–H and O–H groups in total. The molecule has 0 rings (SSSR count). The van der Waals surface area contributed by atoms with Crippen LogP contribution < -0.4 is 0 Å². The number of hydrogen-bond donors (Lipinski definition) is 1. The van der Waals surface area contributed by atoms with Gasteiger partial charge < -0.3 is 5.11 Å². The zero-order valence-electron chi connectivity index (χ0n) is 6.09. The van der Waals surface area contributed by atoms with Crippen LogP contribution in [0.15, 0.2) is 23.8 Å². The second-order valence-electron chi connectivity index (χ2n) is 1.96. The second kappa shape index (κ2) is 5.57. The van der Waals surface area contributed by atoms with Gasteiger partial charge in [0.25, 0.3) is 0 Å². The normalized spacial score (nSPS) is 13.0. The molecule has 0 unspecified atom stereocenters. The Bertz CT molecular complexity index is 112. The Balaban J connectivity index is 3.55. The molecule has 0 aliphatic carbocycles. The molecule has 0 heterocycles. The average Bonchev–Trinajstić information content (AvgIpc) is 1.85. The highest BCUT2D eigenvalue weighted by atomic mass is 16.2. The van der Waals surface area contributed by atoms with Gasteiger partial charge in [-0.2, -0.15) is 0 Å². The minimum absolute atomic E-state index is 0.245. The van der Waals surface area contributed by atoms with E-state index in [2.05, 4.69) is 0 Å². The van der Waals surface area contributed by atoms with Crippen molar-refractivity contribution in [3.8, 4) is 0 Å². The van der Waals surface area contributed by atoms with Crippen molar-refractivity contribution in [2.45, 2.75) is 20.3 Å². The minimum atomic E-state index is 0.245. The Morgan fingerprint density at radius 1 is 1.56 bits per heavy atom. The van der Waals surface area contributed by atoms with Crippen LogP contribution in [0.1, 0.15) is 20.3 Å². The summed E-state index contributed by atoms with van der Waals surface area (Å²) >= 11 is 0. The molecule has 0 radical (unpaired) electrons. The van der Waals surface area contributed by atoms with Gasteiger partial charge in [0.15, 0.2) is 0 Å². The molecular formula is C8H14O. The van der Waals surface area contributed by atoms with E-state index in [-0.39, 0.29) is 6.61 Å². The lowest BCUT2D eigenvalue weighted by Gasteiger charge is -1.88. The predicted molar refractivity (Wildman–Crippen MR) is 40.3 cm³/mol. The van der Waals surface area contributed by atoms with E-state index in [0.29, 0.717) is 0 Å². The molecule has 0 amide bonds. The summed E-state index contributed by atoms with van der Waals surface area (Å²) in [5.74, 6) is 0. The van der Waals surface area contributed by atoms with Gasteiger partial charge in [-0.05, 0) is 20.3 Å². The molecule has 0 aliphatic heterocycles. The van der Waals surface area contributed by atoms with Crippen molar-refractivity contribution >= 4 is 0 Å². The predicted octanol–water partition coefficient (Wildman–Crippen LogP) is 1.89. The molecule has 0 saturated carbocycles. The molecule has 0 aromatic rings. The first kappa shape index (κ1) is 8.44. The summed E-state index contributed by atoms with van der Waals surface area (Å²) in [7, 11) is 0. The van der Waals surface area contributed by atoms with Crippen LogP contribution in [0.5, 0.6) is 0 Å². The fraction of sp³-hybridized carbons (Fsp3) is 0.500. The molecule has 0 bridgehead atoms. The van der Waals surface area contributed by atoms with Crippen LogP contribution in [0.25, 0.3) is 0 Å². The Labute approximate surface area is 56.7 Å². The maximum Gasteiger partial charge on any atom is 0.0465 e. The van der Waals surface area contributed by atoms with Crippen LogP contribution in [0.3, 0.4) is 0 Å². The Morgan fingerprint density at radius 3 is 2.67 bits per heavy atom. The number of rotatable bonds is 3. The fourth-order valence-corrected chi connectivity index (χ4v) is 0.623. The average molecular weight is 126 g/mol.